The van der Waals surface area contributed by atoms with Gasteiger partial charge in [-0.2, -0.15) is 0 Å². The van der Waals surface area contributed by atoms with E-state index < -0.39 is 0 Å². The number of aromatic nitrogens is 3. The topological polar surface area (TPSA) is 38.7 Å². The van der Waals surface area contributed by atoms with E-state index in [2.05, 4.69) is 33.2 Å². The number of benzene rings is 1. The number of fused-ring (bicyclic) bond motifs is 1. The standard InChI is InChI=1S/C11H7N3S/c1-2-11-10(14-7-15-11)3-8(1)9-4-12-6-13-5-9/h1-7H. The van der Waals surface area contributed by atoms with Crippen LogP contribution in [0.2, 0.25) is 0 Å². The lowest BCUT2D eigenvalue weighted by Gasteiger charge is -1.98. The lowest BCUT2D eigenvalue weighted by Crippen LogP contribution is -1.81. The van der Waals surface area contributed by atoms with Gasteiger partial charge in [0, 0.05) is 18.0 Å². The Bertz CT molecular complexity index is 589. The monoisotopic (exact) mass is 213 g/mol. The first-order chi connectivity index (χ1) is 7.43. The van der Waals surface area contributed by atoms with Crippen LogP contribution in [0.5, 0.6) is 0 Å². The number of thiazole rings is 1. The molecule has 3 nitrogen and oxygen atoms in total. The van der Waals surface area contributed by atoms with Crippen molar-refractivity contribution in [2.24, 2.45) is 0 Å². The highest BCUT2D eigenvalue weighted by Gasteiger charge is 2.01. The van der Waals surface area contributed by atoms with Crippen LogP contribution in [-0.4, -0.2) is 15.0 Å². The average molecular weight is 213 g/mol. The van der Waals surface area contributed by atoms with Gasteiger partial charge in [-0.25, -0.2) is 15.0 Å². The van der Waals surface area contributed by atoms with Gasteiger partial charge in [0.05, 0.1) is 15.7 Å². The fraction of sp³-hybridized carbons (Fsp3) is 0. The van der Waals surface area contributed by atoms with Gasteiger partial charge in [0.2, 0.25) is 0 Å². The molecule has 0 atom stereocenters. The van der Waals surface area contributed by atoms with Crippen molar-refractivity contribution >= 4 is 21.6 Å². The summed E-state index contributed by atoms with van der Waals surface area (Å²) < 4.78 is 1.20. The third-order valence-electron chi connectivity index (χ3n) is 2.22. The molecule has 72 valence electrons. The van der Waals surface area contributed by atoms with Gasteiger partial charge in [-0.3, -0.25) is 0 Å². The number of hydrogen-bond acceptors (Lipinski definition) is 4. The zero-order valence-corrected chi connectivity index (χ0v) is 8.61. The Morgan fingerprint density at radius 1 is 1.00 bits per heavy atom. The first-order valence-electron chi connectivity index (χ1n) is 4.52. The predicted octanol–water partition coefficient (Wildman–Crippen LogP) is 2.75. The van der Waals surface area contributed by atoms with Gasteiger partial charge in [-0.1, -0.05) is 6.07 Å². The Morgan fingerprint density at radius 3 is 2.73 bits per heavy atom. The molecule has 4 heteroatoms. The van der Waals surface area contributed by atoms with E-state index in [-0.39, 0.29) is 0 Å². The Labute approximate surface area is 90.5 Å². The van der Waals surface area contributed by atoms with E-state index in [1.54, 1.807) is 23.7 Å². The molecule has 0 radical (unpaired) electrons. The predicted molar refractivity (Wildman–Crippen MR) is 60.6 cm³/mol. The van der Waals surface area contributed by atoms with Crippen molar-refractivity contribution in [1.82, 2.24) is 15.0 Å². The molecule has 0 spiro atoms. The second kappa shape index (κ2) is 3.40. The quantitative estimate of drug-likeness (QED) is 0.624. The molecule has 0 amide bonds. The molecular formula is C11H7N3S. The van der Waals surface area contributed by atoms with Crippen LogP contribution in [0, 0.1) is 0 Å². The molecule has 0 aliphatic carbocycles. The molecule has 3 aromatic rings. The molecule has 0 bridgehead atoms. The molecule has 2 aromatic heterocycles. The van der Waals surface area contributed by atoms with Crippen molar-refractivity contribution in [1.29, 1.82) is 0 Å². The summed E-state index contributed by atoms with van der Waals surface area (Å²) in [5, 5.41) is 0. The number of nitrogens with zero attached hydrogens (tertiary/aromatic N) is 3. The van der Waals surface area contributed by atoms with Crippen molar-refractivity contribution in [3.63, 3.8) is 0 Å². The zero-order valence-electron chi connectivity index (χ0n) is 7.79. The van der Waals surface area contributed by atoms with Crippen LogP contribution in [0.3, 0.4) is 0 Å². The van der Waals surface area contributed by atoms with E-state index >= 15 is 0 Å². The number of rotatable bonds is 1. The van der Waals surface area contributed by atoms with Crippen molar-refractivity contribution < 1.29 is 0 Å². The molecule has 0 unspecified atom stereocenters. The maximum Gasteiger partial charge on any atom is 0.115 e. The first-order valence-corrected chi connectivity index (χ1v) is 5.40. The van der Waals surface area contributed by atoms with Crippen LogP contribution < -0.4 is 0 Å². The second-order valence-corrected chi connectivity index (χ2v) is 4.05. The van der Waals surface area contributed by atoms with Gasteiger partial charge in [0.15, 0.2) is 0 Å². The van der Waals surface area contributed by atoms with Crippen LogP contribution in [-0.2, 0) is 0 Å². The van der Waals surface area contributed by atoms with Crippen LogP contribution in [0.1, 0.15) is 0 Å². The van der Waals surface area contributed by atoms with Crippen molar-refractivity contribution in [2.45, 2.75) is 0 Å². The minimum atomic E-state index is 1.02. The highest BCUT2D eigenvalue weighted by Crippen LogP contribution is 2.24. The molecule has 0 saturated carbocycles. The Kier molecular flexibility index (Phi) is 1.93. The van der Waals surface area contributed by atoms with Crippen LogP contribution >= 0.6 is 11.3 Å². The van der Waals surface area contributed by atoms with E-state index in [1.807, 2.05) is 5.51 Å². The van der Waals surface area contributed by atoms with E-state index in [4.69, 9.17) is 0 Å². The van der Waals surface area contributed by atoms with E-state index in [0.717, 1.165) is 16.6 Å². The van der Waals surface area contributed by atoms with Gasteiger partial charge in [0.1, 0.15) is 6.33 Å². The lowest BCUT2D eigenvalue weighted by atomic mass is 10.1. The summed E-state index contributed by atoms with van der Waals surface area (Å²) in [6.45, 7) is 0. The maximum absolute atomic E-state index is 4.28. The Balaban J connectivity index is 2.19. The summed E-state index contributed by atoms with van der Waals surface area (Å²) in [6.07, 6.45) is 5.14. The van der Waals surface area contributed by atoms with Crippen LogP contribution in [0.15, 0.2) is 42.4 Å². The largest absolute Gasteiger partial charge is 0.245 e. The van der Waals surface area contributed by atoms with Crippen LogP contribution in [0.25, 0.3) is 21.3 Å². The van der Waals surface area contributed by atoms with Crippen molar-refractivity contribution in [2.75, 3.05) is 0 Å². The summed E-state index contributed by atoms with van der Waals surface area (Å²) in [6, 6.07) is 6.21. The summed E-state index contributed by atoms with van der Waals surface area (Å²) >= 11 is 1.65. The average Bonchev–Trinajstić information content (AvgIpc) is 2.77. The highest BCUT2D eigenvalue weighted by molar-refractivity contribution is 7.16. The van der Waals surface area contributed by atoms with E-state index in [0.29, 0.717) is 0 Å². The zero-order chi connectivity index (χ0) is 10.1. The van der Waals surface area contributed by atoms with Gasteiger partial charge in [-0.05, 0) is 17.7 Å². The molecule has 0 N–H and O–H groups in total. The molecule has 0 aliphatic rings. The highest BCUT2D eigenvalue weighted by atomic mass is 32.1. The maximum atomic E-state index is 4.28. The van der Waals surface area contributed by atoms with Gasteiger partial charge >= 0.3 is 0 Å². The summed E-state index contributed by atoms with van der Waals surface area (Å²) in [5.74, 6) is 0. The second-order valence-electron chi connectivity index (χ2n) is 3.16. The minimum absolute atomic E-state index is 1.02. The minimum Gasteiger partial charge on any atom is -0.245 e. The van der Waals surface area contributed by atoms with E-state index in [9.17, 15) is 0 Å². The Hall–Kier alpha value is -1.81. The first kappa shape index (κ1) is 8.49. The summed E-state index contributed by atoms with van der Waals surface area (Å²) in [5.41, 5.74) is 5.01. The number of hydrogen-bond donors (Lipinski definition) is 0. The molecule has 1 aromatic carbocycles. The fourth-order valence-corrected chi connectivity index (χ4v) is 2.14. The third-order valence-corrected chi connectivity index (χ3v) is 3.03. The van der Waals surface area contributed by atoms with Crippen molar-refractivity contribution in [3.8, 4) is 11.1 Å². The molecule has 2 heterocycles. The Morgan fingerprint density at radius 2 is 1.87 bits per heavy atom. The summed E-state index contributed by atoms with van der Waals surface area (Å²) in [4.78, 5) is 12.3. The fourth-order valence-electron chi connectivity index (χ4n) is 1.49. The lowest BCUT2D eigenvalue weighted by molar-refractivity contribution is 1.17. The summed E-state index contributed by atoms with van der Waals surface area (Å²) in [7, 11) is 0. The van der Waals surface area contributed by atoms with Gasteiger partial charge in [-0.15, -0.1) is 11.3 Å². The molecule has 15 heavy (non-hydrogen) atoms. The van der Waals surface area contributed by atoms with Gasteiger partial charge in [0.25, 0.3) is 0 Å². The third kappa shape index (κ3) is 1.49. The molecular weight excluding hydrogens is 206 g/mol. The van der Waals surface area contributed by atoms with E-state index in [1.165, 1.54) is 11.0 Å². The molecule has 0 saturated heterocycles. The normalized spacial score (nSPS) is 10.7. The smallest absolute Gasteiger partial charge is 0.115 e. The SMILES string of the molecule is c1ncc(-c2ccc3scnc3c2)cn1. The van der Waals surface area contributed by atoms with Crippen molar-refractivity contribution in [3.05, 3.63) is 42.4 Å². The molecule has 0 aliphatic heterocycles. The molecule has 0 fully saturated rings. The molecule has 3 rings (SSSR count). The van der Waals surface area contributed by atoms with Gasteiger partial charge < -0.3 is 0 Å². The van der Waals surface area contributed by atoms with Crippen LogP contribution in [0.4, 0.5) is 0 Å².